The number of nitrogens with zero attached hydrogens (tertiary/aromatic N) is 1. The number of alkyl halides is 3. The molecule has 33 heavy (non-hydrogen) atoms. The molecule has 168 valence electrons. The highest BCUT2D eigenvalue weighted by Crippen LogP contribution is 2.35. The third-order valence-electron chi connectivity index (χ3n) is 5.05. The molecule has 0 aliphatic heterocycles. The van der Waals surface area contributed by atoms with Crippen LogP contribution in [0, 0.1) is 0 Å². The van der Waals surface area contributed by atoms with Crippen LogP contribution in [0.5, 0.6) is 11.5 Å². The summed E-state index contributed by atoms with van der Waals surface area (Å²) in [7, 11) is 0. The Bertz CT molecular complexity index is 1260. The van der Waals surface area contributed by atoms with Gasteiger partial charge in [0.05, 0.1) is 12.5 Å². The molecule has 8 heteroatoms. The number of phenols is 1. The molecule has 1 atom stereocenters. The topological polar surface area (TPSA) is 71.5 Å². The number of phenolic OH excluding ortho intramolecular Hbond substituents is 1. The molecule has 0 radical (unpaired) electrons. The van der Waals surface area contributed by atoms with Gasteiger partial charge in [-0.2, -0.15) is 0 Å². The predicted molar refractivity (Wildman–Crippen MR) is 117 cm³/mol. The molecule has 1 amide bonds. The quantitative estimate of drug-likeness (QED) is 0.417. The molecule has 4 aromatic rings. The van der Waals surface area contributed by atoms with Crippen LogP contribution in [0.1, 0.15) is 22.7 Å². The van der Waals surface area contributed by atoms with Crippen LogP contribution in [0.3, 0.4) is 0 Å². The number of nitrogens with one attached hydrogen (secondary N) is 1. The van der Waals surface area contributed by atoms with Gasteiger partial charge in [0.15, 0.2) is 0 Å². The Morgan fingerprint density at radius 1 is 0.970 bits per heavy atom. The number of hydrogen-bond acceptors (Lipinski definition) is 4. The first-order chi connectivity index (χ1) is 15.8. The van der Waals surface area contributed by atoms with Crippen molar-refractivity contribution in [2.75, 3.05) is 0 Å². The number of amides is 1. The van der Waals surface area contributed by atoms with Crippen molar-refractivity contribution in [3.05, 3.63) is 102 Å². The average molecular weight is 452 g/mol. The zero-order chi connectivity index (χ0) is 23.4. The van der Waals surface area contributed by atoms with Gasteiger partial charge in [0, 0.05) is 17.1 Å². The van der Waals surface area contributed by atoms with E-state index in [0.717, 1.165) is 17.7 Å². The molecule has 0 fully saturated rings. The van der Waals surface area contributed by atoms with Crippen LogP contribution in [0.2, 0.25) is 0 Å². The standard InChI is InChI=1S/C25H19F3N2O3/c26-25(27,28)33-19-11-8-18(9-12-19)22(30-21(31)15-16-5-2-1-3-6-16)20-13-10-17-7-4-14-29-23(17)24(20)32/h1-14,22,32H,15H2,(H,30,31). The number of halogens is 3. The fraction of sp³-hybridized carbons (Fsp3) is 0.120. The van der Waals surface area contributed by atoms with Crippen molar-refractivity contribution >= 4 is 16.8 Å². The second-order valence-electron chi connectivity index (χ2n) is 7.36. The molecule has 1 aromatic heterocycles. The summed E-state index contributed by atoms with van der Waals surface area (Å²) in [5.74, 6) is -0.818. The number of aromatic hydroxyl groups is 1. The van der Waals surface area contributed by atoms with Crippen molar-refractivity contribution in [1.82, 2.24) is 10.3 Å². The van der Waals surface area contributed by atoms with Gasteiger partial charge in [0.1, 0.15) is 17.0 Å². The minimum absolute atomic E-state index is 0.0964. The lowest BCUT2D eigenvalue weighted by molar-refractivity contribution is -0.274. The minimum Gasteiger partial charge on any atom is -0.505 e. The second-order valence-corrected chi connectivity index (χ2v) is 7.36. The lowest BCUT2D eigenvalue weighted by Gasteiger charge is -2.22. The van der Waals surface area contributed by atoms with Crippen LogP contribution in [-0.4, -0.2) is 22.4 Å². The van der Waals surface area contributed by atoms with Crippen molar-refractivity contribution in [2.45, 2.75) is 18.8 Å². The van der Waals surface area contributed by atoms with Crippen molar-refractivity contribution in [1.29, 1.82) is 0 Å². The van der Waals surface area contributed by atoms with Crippen LogP contribution >= 0.6 is 0 Å². The van der Waals surface area contributed by atoms with Crippen LogP contribution in [0.15, 0.2) is 85.1 Å². The van der Waals surface area contributed by atoms with Gasteiger partial charge in [-0.25, -0.2) is 0 Å². The Balaban J connectivity index is 1.69. The maximum absolute atomic E-state index is 12.8. The first kappa shape index (κ1) is 22.1. The number of rotatable bonds is 6. The van der Waals surface area contributed by atoms with E-state index >= 15 is 0 Å². The van der Waals surface area contributed by atoms with Crippen molar-refractivity contribution in [2.24, 2.45) is 0 Å². The third-order valence-corrected chi connectivity index (χ3v) is 5.05. The van der Waals surface area contributed by atoms with Gasteiger partial charge in [-0.1, -0.05) is 60.7 Å². The fourth-order valence-electron chi connectivity index (χ4n) is 3.57. The molecular formula is C25H19F3N2O3. The van der Waals surface area contributed by atoms with E-state index in [2.05, 4.69) is 15.0 Å². The summed E-state index contributed by atoms with van der Waals surface area (Å²) in [6, 6.07) is 20.4. The Labute approximate surface area is 187 Å². The van der Waals surface area contributed by atoms with E-state index in [1.54, 1.807) is 24.3 Å². The summed E-state index contributed by atoms with van der Waals surface area (Å²) in [5.41, 5.74) is 1.99. The van der Waals surface area contributed by atoms with E-state index in [4.69, 9.17) is 0 Å². The summed E-state index contributed by atoms with van der Waals surface area (Å²) < 4.78 is 41.5. The average Bonchev–Trinajstić information content (AvgIpc) is 2.78. The molecule has 4 rings (SSSR count). The van der Waals surface area contributed by atoms with Crippen LogP contribution in [-0.2, 0) is 11.2 Å². The minimum atomic E-state index is -4.81. The first-order valence-corrected chi connectivity index (χ1v) is 10.1. The molecule has 0 aliphatic carbocycles. The highest BCUT2D eigenvalue weighted by molar-refractivity contribution is 5.86. The van der Waals surface area contributed by atoms with Crippen LogP contribution in [0.25, 0.3) is 10.9 Å². The number of pyridine rings is 1. The number of hydrogen-bond donors (Lipinski definition) is 2. The summed E-state index contributed by atoms with van der Waals surface area (Å²) in [5, 5.41) is 14.5. The van der Waals surface area contributed by atoms with Gasteiger partial charge < -0.3 is 15.2 Å². The second kappa shape index (κ2) is 9.20. The molecule has 1 unspecified atom stereocenters. The van der Waals surface area contributed by atoms with Crippen LogP contribution < -0.4 is 10.1 Å². The van der Waals surface area contributed by atoms with E-state index in [-0.39, 0.29) is 23.8 Å². The van der Waals surface area contributed by atoms with E-state index in [1.807, 2.05) is 30.3 Å². The predicted octanol–water partition coefficient (Wildman–Crippen LogP) is 5.29. The number of carbonyl (C=O) groups is 1. The number of aromatic nitrogens is 1. The van der Waals surface area contributed by atoms with Gasteiger partial charge in [-0.3, -0.25) is 9.78 Å². The van der Waals surface area contributed by atoms with E-state index in [1.165, 1.54) is 18.3 Å². The molecule has 0 saturated carbocycles. The molecule has 1 heterocycles. The molecular weight excluding hydrogens is 433 g/mol. The highest BCUT2D eigenvalue weighted by atomic mass is 19.4. The molecule has 0 saturated heterocycles. The third kappa shape index (κ3) is 5.41. The van der Waals surface area contributed by atoms with E-state index in [0.29, 0.717) is 22.0 Å². The molecule has 0 bridgehead atoms. The molecule has 5 nitrogen and oxygen atoms in total. The number of carbonyl (C=O) groups excluding carboxylic acids is 1. The van der Waals surface area contributed by atoms with Crippen LogP contribution in [0.4, 0.5) is 13.2 Å². The maximum Gasteiger partial charge on any atom is 0.573 e. The Kier molecular flexibility index (Phi) is 6.17. The van der Waals surface area contributed by atoms with Gasteiger partial charge >= 0.3 is 6.36 Å². The molecule has 0 spiro atoms. The normalized spacial score (nSPS) is 12.3. The Morgan fingerprint density at radius 3 is 2.39 bits per heavy atom. The van der Waals surface area contributed by atoms with Gasteiger partial charge in [0.25, 0.3) is 0 Å². The zero-order valence-electron chi connectivity index (χ0n) is 17.2. The number of fused-ring (bicyclic) bond motifs is 1. The molecule has 3 aromatic carbocycles. The maximum atomic E-state index is 12.8. The zero-order valence-corrected chi connectivity index (χ0v) is 17.2. The molecule has 2 N–H and O–H groups in total. The number of benzene rings is 3. The van der Waals surface area contributed by atoms with Crippen molar-refractivity contribution in [3.8, 4) is 11.5 Å². The smallest absolute Gasteiger partial charge is 0.505 e. The summed E-state index contributed by atoms with van der Waals surface area (Å²) in [6.45, 7) is 0. The van der Waals surface area contributed by atoms with Gasteiger partial charge in [-0.15, -0.1) is 13.2 Å². The lowest BCUT2D eigenvalue weighted by atomic mass is 9.95. The largest absolute Gasteiger partial charge is 0.573 e. The fourth-order valence-corrected chi connectivity index (χ4v) is 3.57. The lowest BCUT2D eigenvalue weighted by Crippen LogP contribution is -2.30. The van der Waals surface area contributed by atoms with Crippen molar-refractivity contribution < 1.29 is 27.8 Å². The van der Waals surface area contributed by atoms with Gasteiger partial charge in [-0.05, 0) is 29.3 Å². The Hall–Kier alpha value is -4.07. The van der Waals surface area contributed by atoms with E-state index < -0.39 is 12.4 Å². The Morgan fingerprint density at radius 2 is 1.70 bits per heavy atom. The summed E-state index contributed by atoms with van der Waals surface area (Å²) in [4.78, 5) is 17.0. The first-order valence-electron chi connectivity index (χ1n) is 10.1. The molecule has 0 aliphatic rings. The summed E-state index contributed by atoms with van der Waals surface area (Å²) in [6.07, 6.45) is -3.18. The summed E-state index contributed by atoms with van der Waals surface area (Å²) >= 11 is 0. The highest BCUT2D eigenvalue weighted by Gasteiger charge is 2.31. The van der Waals surface area contributed by atoms with E-state index in [9.17, 15) is 23.1 Å². The SMILES string of the molecule is O=C(Cc1ccccc1)NC(c1ccc(OC(F)(F)F)cc1)c1ccc2cccnc2c1O. The number of ether oxygens (including phenoxy) is 1. The van der Waals surface area contributed by atoms with Gasteiger partial charge in [0.2, 0.25) is 5.91 Å². The monoisotopic (exact) mass is 452 g/mol. The van der Waals surface area contributed by atoms with Crippen molar-refractivity contribution in [3.63, 3.8) is 0 Å².